The van der Waals surface area contributed by atoms with Crippen molar-refractivity contribution in [2.75, 3.05) is 26.7 Å². The van der Waals surface area contributed by atoms with E-state index in [2.05, 4.69) is 10.3 Å². The molecule has 19 heavy (non-hydrogen) atoms. The summed E-state index contributed by atoms with van der Waals surface area (Å²) < 4.78 is 19.5. The topological polar surface area (TPSA) is 50.5 Å². The standard InChI is InChI=1S/C13H19ClFN3O/c1-18-4-5-19-13(8-18)12(17-16)6-9-2-3-10(14)7-11(9)15/h2-3,7,12-13,17H,4-6,8,16H2,1H3. The van der Waals surface area contributed by atoms with Crippen LogP contribution in [0.15, 0.2) is 18.2 Å². The van der Waals surface area contributed by atoms with Gasteiger partial charge in [0.25, 0.3) is 0 Å². The molecule has 2 unspecified atom stereocenters. The molecule has 0 spiro atoms. The fourth-order valence-electron chi connectivity index (χ4n) is 2.28. The average Bonchev–Trinajstić information content (AvgIpc) is 2.38. The first-order valence-corrected chi connectivity index (χ1v) is 6.68. The molecule has 0 bridgehead atoms. The average molecular weight is 288 g/mol. The Morgan fingerprint density at radius 1 is 1.63 bits per heavy atom. The van der Waals surface area contributed by atoms with Crippen molar-refractivity contribution in [2.24, 2.45) is 5.84 Å². The Hall–Kier alpha value is -0.720. The minimum Gasteiger partial charge on any atom is -0.374 e. The van der Waals surface area contributed by atoms with Crippen LogP contribution in [-0.2, 0) is 11.2 Å². The van der Waals surface area contributed by atoms with E-state index in [0.717, 1.165) is 13.1 Å². The molecule has 4 nitrogen and oxygen atoms in total. The van der Waals surface area contributed by atoms with Crippen LogP contribution in [0.2, 0.25) is 5.02 Å². The number of likely N-dealkylation sites (N-methyl/N-ethyl adjacent to an activating group) is 1. The van der Waals surface area contributed by atoms with Gasteiger partial charge < -0.3 is 9.64 Å². The van der Waals surface area contributed by atoms with Gasteiger partial charge in [-0.15, -0.1) is 0 Å². The van der Waals surface area contributed by atoms with E-state index in [4.69, 9.17) is 22.2 Å². The zero-order chi connectivity index (χ0) is 13.8. The number of hydrogen-bond donors (Lipinski definition) is 2. The molecule has 0 radical (unpaired) electrons. The van der Waals surface area contributed by atoms with E-state index in [-0.39, 0.29) is 18.0 Å². The zero-order valence-corrected chi connectivity index (χ0v) is 11.7. The first-order chi connectivity index (χ1) is 9.10. The van der Waals surface area contributed by atoms with E-state index >= 15 is 0 Å². The van der Waals surface area contributed by atoms with Gasteiger partial charge in [-0.2, -0.15) is 0 Å². The first kappa shape index (κ1) is 14.7. The molecule has 1 heterocycles. The SMILES string of the molecule is CN1CCOC(C(Cc2ccc(Cl)cc2F)NN)C1. The van der Waals surface area contributed by atoms with Crippen LogP contribution < -0.4 is 11.3 Å². The van der Waals surface area contributed by atoms with Crippen LogP contribution >= 0.6 is 11.6 Å². The van der Waals surface area contributed by atoms with Crippen molar-refractivity contribution in [1.82, 2.24) is 10.3 Å². The van der Waals surface area contributed by atoms with Gasteiger partial charge in [-0.3, -0.25) is 11.3 Å². The normalized spacial score (nSPS) is 22.4. The lowest BCUT2D eigenvalue weighted by molar-refractivity contribution is -0.0385. The summed E-state index contributed by atoms with van der Waals surface area (Å²) in [5.41, 5.74) is 3.32. The first-order valence-electron chi connectivity index (χ1n) is 6.30. The zero-order valence-electron chi connectivity index (χ0n) is 10.9. The van der Waals surface area contributed by atoms with Crippen molar-refractivity contribution in [1.29, 1.82) is 0 Å². The maximum absolute atomic E-state index is 13.8. The lowest BCUT2D eigenvalue weighted by atomic mass is 10.00. The highest BCUT2D eigenvalue weighted by molar-refractivity contribution is 6.30. The second kappa shape index (κ2) is 6.63. The summed E-state index contributed by atoms with van der Waals surface area (Å²) in [6.07, 6.45) is 0.427. The van der Waals surface area contributed by atoms with Crippen LogP contribution in [0.3, 0.4) is 0 Å². The molecule has 1 aliphatic rings. The van der Waals surface area contributed by atoms with Crippen LogP contribution in [-0.4, -0.2) is 43.8 Å². The summed E-state index contributed by atoms with van der Waals surface area (Å²) in [7, 11) is 2.03. The van der Waals surface area contributed by atoms with Crippen LogP contribution in [0.25, 0.3) is 0 Å². The number of hydrazine groups is 1. The number of rotatable bonds is 4. The molecule has 1 aromatic carbocycles. The quantitative estimate of drug-likeness (QED) is 0.645. The number of nitrogens with one attached hydrogen (secondary N) is 1. The number of ether oxygens (including phenoxy) is 1. The van der Waals surface area contributed by atoms with Gasteiger partial charge in [-0.1, -0.05) is 17.7 Å². The lowest BCUT2D eigenvalue weighted by Gasteiger charge is -2.35. The lowest BCUT2D eigenvalue weighted by Crippen LogP contribution is -2.54. The summed E-state index contributed by atoms with van der Waals surface area (Å²) in [6.45, 7) is 2.36. The van der Waals surface area contributed by atoms with Crippen LogP contribution in [0, 0.1) is 5.82 Å². The maximum atomic E-state index is 13.8. The van der Waals surface area contributed by atoms with E-state index in [1.54, 1.807) is 12.1 Å². The van der Waals surface area contributed by atoms with Crippen molar-refractivity contribution in [3.63, 3.8) is 0 Å². The Morgan fingerprint density at radius 2 is 2.42 bits per heavy atom. The molecule has 1 fully saturated rings. The molecular formula is C13H19ClFN3O. The summed E-state index contributed by atoms with van der Waals surface area (Å²) in [5, 5.41) is 0.396. The summed E-state index contributed by atoms with van der Waals surface area (Å²) in [4.78, 5) is 2.18. The smallest absolute Gasteiger partial charge is 0.127 e. The van der Waals surface area contributed by atoms with Gasteiger partial charge in [0.1, 0.15) is 5.82 Å². The third-order valence-corrected chi connectivity index (χ3v) is 3.65. The van der Waals surface area contributed by atoms with Crippen LogP contribution in [0.5, 0.6) is 0 Å². The second-order valence-corrected chi connectivity index (χ2v) is 5.32. The van der Waals surface area contributed by atoms with E-state index in [1.165, 1.54) is 6.07 Å². The Labute approximate surface area is 117 Å². The van der Waals surface area contributed by atoms with Crippen molar-refractivity contribution in [3.05, 3.63) is 34.6 Å². The Balaban J connectivity index is 2.05. The third-order valence-electron chi connectivity index (χ3n) is 3.41. The van der Waals surface area contributed by atoms with Gasteiger partial charge in [-0.25, -0.2) is 4.39 Å². The van der Waals surface area contributed by atoms with Gasteiger partial charge in [0.05, 0.1) is 18.8 Å². The van der Waals surface area contributed by atoms with E-state index in [9.17, 15) is 4.39 Å². The molecule has 1 aliphatic heterocycles. The molecule has 2 rings (SSSR count). The van der Waals surface area contributed by atoms with Crippen molar-refractivity contribution < 1.29 is 9.13 Å². The fraction of sp³-hybridized carbons (Fsp3) is 0.538. The Kier molecular flexibility index (Phi) is 5.13. The van der Waals surface area contributed by atoms with Gasteiger partial charge in [0.15, 0.2) is 0 Å². The van der Waals surface area contributed by atoms with E-state index in [1.807, 2.05) is 7.05 Å². The number of morpholine rings is 1. The minimum atomic E-state index is -0.308. The molecule has 3 N–H and O–H groups in total. The molecule has 6 heteroatoms. The molecular weight excluding hydrogens is 269 g/mol. The van der Waals surface area contributed by atoms with E-state index < -0.39 is 0 Å². The van der Waals surface area contributed by atoms with Gasteiger partial charge in [0, 0.05) is 18.1 Å². The highest BCUT2D eigenvalue weighted by Gasteiger charge is 2.26. The number of nitrogens with zero attached hydrogens (tertiary/aromatic N) is 1. The van der Waals surface area contributed by atoms with E-state index in [0.29, 0.717) is 23.6 Å². The molecule has 0 amide bonds. The highest BCUT2D eigenvalue weighted by Crippen LogP contribution is 2.18. The van der Waals surface area contributed by atoms with Crippen LogP contribution in [0.1, 0.15) is 5.56 Å². The summed E-state index contributed by atoms with van der Waals surface area (Å²) in [5.74, 6) is 5.27. The fourth-order valence-corrected chi connectivity index (χ4v) is 2.44. The molecule has 106 valence electrons. The number of hydrogen-bond acceptors (Lipinski definition) is 4. The second-order valence-electron chi connectivity index (χ2n) is 4.88. The Morgan fingerprint density at radius 3 is 3.05 bits per heavy atom. The monoisotopic (exact) mass is 287 g/mol. The van der Waals surface area contributed by atoms with Gasteiger partial charge in [0.2, 0.25) is 0 Å². The molecule has 0 aliphatic carbocycles. The van der Waals surface area contributed by atoms with Crippen molar-refractivity contribution in [3.8, 4) is 0 Å². The molecule has 1 aromatic rings. The maximum Gasteiger partial charge on any atom is 0.127 e. The largest absolute Gasteiger partial charge is 0.374 e. The van der Waals surface area contributed by atoms with Crippen LogP contribution in [0.4, 0.5) is 4.39 Å². The summed E-state index contributed by atoms with van der Waals surface area (Å²) >= 11 is 5.74. The number of nitrogens with two attached hydrogens (primary N) is 1. The van der Waals surface area contributed by atoms with Crippen molar-refractivity contribution >= 4 is 11.6 Å². The summed E-state index contributed by atoms with van der Waals surface area (Å²) in [6, 6.07) is 4.56. The molecule has 0 saturated carbocycles. The minimum absolute atomic E-state index is 0.0428. The predicted octanol–water partition coefficient (Wildman–Crippen LogP) is 1.18. The highest BCUT2D eigenvalue weighted by atomic mass is 35.5. The number of benzene rings is 1. The molecule has 1 saturated heterocycles. The van der Waals surface area contributed by atoms with Gasteiger partial charge >= 0.3 is 0 Å². The molecule has 0 aromatic heterocycles. The molecule has 2 atom stereocenters. The predicted molar refractivity (Wildman–Crippen MR) is 73.5 cm³/mol. The number of halogens is 2. The van der Waals surface area contributed by atoms with Crippen molar-refractivity contribution in [2.45, 2.75) is 18.6 Å². The third kappa shape index (κ3) is 3.87. The van der Waals surface area contributed by atoms with Gasteiger partial charge in [-0.05, 0) is 31.2 Å². The Bertz CT molecular complexity index is 432.